The lowest BCUT2D eigenvalue weighted by Gasteiger charge is -2.63. The maximum absolute atomic E-state index is 12.1. The molecule has 0 amide bonds. The van der Waals surface area contributed by atoms with Gasteiger partial charge >= 0.3 is 0 Å². The lowest BCUT2D eigenvalue weighted by molar-refractivity contribution is -0.207. The average Bonchev–Trinajstić information content (AvgIpc) is 3.32. The predicted molar refractivity (Wildman–Crippen MR) is 158 cm³/mol. The first-order valence-electron chi connectivity index (χ1n) is 16.0. The summed E-state index contributed by atoms with van der Waals surface area (Å²) in [5.41, 5.74) is 0.666. The molecular formula is C36H50O4. The molecule has 4 heteroatoms. The molecule has 4 nitrogen and oxygen atoms in total. The highest BCUT2D eigenvalue weighted by atomic mass is 16.3. The quantitative estimate of drug-likeness (QED) is 0.343. The first-order valence-corrected chi connectivity index (χ1v) is 16.0. The summed E-state index contributed by atoms with van der Waals surface area (Å²) in [7, 11) is 0. The average molecular weight is 547 g/mol. The monoisotopic (exact) mass is 546 g/mol. The van der Waals surface area contributed by atoms with Crippen LogP contribution in [0.15, 0.2) is 60.7 Å². The van der Waals surface area contributed by atoms with Gasteiger partial charge < -0.3 is 20.4 Å². The molecule has 0 saturated heterocycles. The molecule has 6 rings (SSSR count). The first kappa shape index (κ1) is 28.4. The largest absolute Gasteiger partial charge is 0.393 e. The molecule has 4 aliphatic carbocycles. The minimum Gasteiger partial charge on any atom is -0.393 e. The molecule has 0 aromatic heterocycles. The molecule has 218 valence electrons. The van der Waals surface area contributed by atoms with E-state index in [1.165, 1.54) is 0 Å². The fraction of sp³-hybridized carbons (Fsp3) is 0.667. The Kier molecular flexibility index (Phi) is 7.47. The standard InChI is InChI=1S/C36H50O4/c1-23(16-19-36(40,24-10-6-4-7-11-24)25-12-8-5-9-13-25)28-14-15-29-33-30(22-32(39)35(28,29)3)34(2)18-17-27(37)20-26(34)21-31(33)38/h4-13,23,26-33,37-40H,14-22H2,1-3H3/t23-,26+,27+,28-,29+,30-,31+,32-,33+,34-,35+/m0/s1. The van der Waals surface area contributed by atoms with E-state index in [-0.39, 0.29) is 35.1 Å². The number of aliphatic hydroxyl groups is 4. The van der Waals surface area contributed by atoms with Crippen LogP contribution in [0.25, 0.3) is 0 Å². The van der Waals surface area contributed by atoms with E-state index in [1.54, 1.807) is 0 Å². The van der Waals surface area contributed by atoms with Crippen molar-refractivity contribution in [3.8, 4) is 0 Å². The van der Waals surface area contributed by atoms with E-state index < -0.39 is 5.60 Å². The Morgan fingerprint density at radius 2 is 1.45 bits per heavy atom. The van der Waals surface area contributed by atoms with Crippen LogP contribution in [0, 0.1) is 46.3 Å². The summed E-state index contributed by atoms with van der Waals surface area (Å²) in [5.74, 6) is 1.90. The van der Waals surface area contributed by atoms with E-state index in [1.807, 2.05) is 60.7 Å². The molecule has 4 N–H and O–H groups in total. The molecule has 11 atom stereocenters. The molecule has 4 fully saturated rings. The Hall–Kier alpha value is -1.72. The zero-order chi connectivity index (χ0) is 28.3. The lowest BCUT2D eigenvalue weighted by Crippen LogP contribution is -2.62. The fourth-order valence-corrected chi connectivity index (χ4v) is 10.7. The van der Waals surface area contributed by atoms with Crippen molar-refractivity contribution in [3.05, 3.63) is 71.8 Å². The SMILES string of the molecule is C[C@@H](CCC(O)(c1ccccc1)c1ccccc1)[C@@H]1CC[C@@H]2[C@H]3[C@H](O)C[C@H]4C[C@H](O)CC[C@]4(C)[C@H]3C[C@H](O)[C@@]21C. The second-order valence-corrected chi connectivity index (χ2v) is 14.6. The Morgan fingerprint density at radius 3 is 2.08 bits per heavy atom. The molecule has 0 bridgehead atoms. The Labute approximate surface area is 240 Å². The van der Waals surface area contributed by atoms with E-state index >= 15 is 0 Å². The van der Waals surface area contributed by atoms with Gasteiger partial charge in [-0.2, -0.15) is 0 Å². The van der Waals surface area contributed by atoms with Crippen LogP contribution < -0.4 is 0 Å². The minimum atomic E-state index is -1.05. The molecule has 4 aliphatic rings. The van der Waals surface area contributed by atoms with E-state index in [9.17, 15) is 20.4 Å². The fourth-order valence-electron chi connectivity index (χ4n) is 10.7. The van der Waals surface area contributed by atoms with Gasteiger partial charge in [-0.1, -0.05) is 81.4 Å². The van der Waals surface area contributed by atoms with Crippen LogP contribution in [-0.4, -0.2) is 38.7 Å². The van der Waals surface area contributed by atoms with Crippen molar-refractivity contribution in [2.24, 2.45) is 46.3 Å². The van der Waals surface area contributed by atoms with Crippen molar-refractivity contribution in [1.82, 2.24) is 0 Å². The van der Waals surface area contributed by atoms with Crippen molar-refractivity contribution in [1.29, 1.82) is 0 Å². The molecule has 4 saturated carbocycles. The van der Waals surface area contributed by atoms with Crippen LogP contribution in [0.1, 0.15) is 89.7 Å². The van der Waals surface area contributed by atoms with Crippen LogP contribution in [0.5, 0.6) is 0 Å². The van der Waals surface area contributed by atoms with E-state index in [2.05, 4.69) is 20.8 Å². The Balaban J connectivity index is 1.24. The predicted octanol–water partition coefficient (Wildman–Crippen LogP) is 6.30. The molecule has 0 aliphatic heterocycles. The van der Waals surface area contributed by atoms with E-state index in [0.29, 0.717) is 36.0 Å². The van der Waals surface area contributed by atoms with Gasteiger partial charge in [0.1, 0.15) is 5.60 Å². The molecular weight excluding hydrogens is 496 g/mol. The highest BCUT2D eigenvalue weighted by molar-refractivity contribution is 5.35. The van der Waals surface area contributed by atoms with Crippen molar-refractivity contribution in [3.63, 3.8) is 0 Å². The van der Waals surface area contributed by atoms with Gasteiger partial charge in [0.2, 0.25) is 0 Å². The Morgan fingerprint density at radius 1 is 0.825 bits per heavy atom. The third kappa shape index (κ3) is 4.40. The highest BCUT2D eigenvalue weighted by Gasteiger charge is 2.65. The van der Waals surface area contributed by atoms with Crippen LogP contribution in [-0.2, 0) is 5.60 Å². The van der Waals surface area contributed by atoms with Gasteiger partial charge in [-0.3, -0.25) is 0 Å². The maximum Gasteiger partial charge on any atom is 0.115 e. The van der Waals surface area contributed by atoms with Crippen LogP contribution in [0.2, 0.25) is 0 Å². The molecule has 0 unspecified atom stereocenters. The molecule has 0 radical (unpaired) electrons. The summed E-state index contributed by atoms with van der Waals surface area (Å²) in [6.45, 7) is 7.04. The number of aliphatic hydroxyl groups excluding tert-OH is 3. The third-order valence-electron chi connectivity index (χ3n) is 13.0. The molecule has 40 heavy (non-hydrogen) atoms. The second kappa shape index (κ2) is 10.5. The van der Waals surface area contributed by atoms with Gasteiger partial charge in [0, 0.05) is 0 Å². The lowest BCUT2D eigenvalue weighted by atomic mass is 9.43. The van der Waals surface area contributed by atoms with Crippen LogP contribution in [0.3, 0.4) is 0 Å². The van der Waals surface area contributed by atoms with Crippen LogP contribution in [0.4, 0.5) is 0 Å². The number of hydrogen-bond donors (Lipinski definition) is 4. The number of fused-ring (bicyclic) bond motifs is 5. The van der Waals surface area contributed by atoms with Gasteiger partial charge in [0.25, 0.3) is 0 Å². The zero-order valence-electron chi connectivity index (χ0n) is 24.6. The summed E-state index contributed by atoms with van der Waals surface area (Å²) in [6, 6.07) is 20.1. The second-order valence-electron chi connectivity index (χ2n) is 14.6. The number of benzene rings is 2. The van der Waals surface area contributed by atoms with Crippen molar-refractivity contribution in [2.75, 3.05) is 0 Å². The summed E-state index contributed by atoms with van der Waals surface area (Å²) in [4.78, 5) is 0. The smallest absolute Gasteiger partial charge is 0.115 e. The number of rotatable bonds is 6. The summed E-state index contributed by atoms with van der Waals surface area (Å²) < 4.78 is 0. The first-order chi connectivity index (χ1) is 19.1. The highest BCUT2D eigenvalue weighted by Crippen LogP contribution is 2.68. The van der Waals surface area contributed by atoms with Gasteiger partial charge in [0.05, 0.1) is 18.3 Å². The zero-order valence-corrected chi connectivity index (χ0v) is 24.6. The van der Waals surface area contributed by atoms with Gasteiger partial charge in [-0.15, -0.1) is 0 Å². The van der Waals surface area contributed by atoms with Crippen LogP contribution >= 0.6 is 0 Å². The van der Waals surface area contributed by atoms with Crippen molar-refractivity contribution >= 4 is 0 Å². The topological polar surface area (TPSA) is 80.9 Å². The van der Waals surface area contributed by atoms with E-state index in [4.69, 9.17) is 0 Å². The molecule has 2 aromatic carbocycles. The molecule has 2 aromatic rings. The van der Waals surface area contributed by atoms with Gasteiger partial charge in [-0.05, 0) is 115 Å². The van der Waals surface area contributed by atoms with Crippen molar-refractivity contribution < 1.29 is 20.4 Å². The minimum absolute atomic E-state index is 0.0942. The van der Waals surface area contributed by atoms with E-state index in [0.717, 1.165) is 62.5 Å². The third-order valence-corrected chi connectivity index (χ3v) is 13.0. The summed E-state index contributed by atoms with van der Waals surface area (Å²) >= 11 is 0. The Bertz CT molecular complexity index is 1110. The molecule has 0 spiro atoms. The maximum atomic E-state index is 12.1. The van der Waals surface area contributed by atoms with Crippen molar-refractivity contribution in [2.45, 2.75) is 102 Å². The normalized spacial score (nSPS) is 42.0. The van der Waals surface area contributed by atoms with Gasteiger partial charge in [-0.25, -0.2) is 0 Å². The van der Waals surface area contributed by atoms with Gasteiger partial charge in [0.15, 0.2) is 0 Å². The summed E-state index contributed by atoms with van der Waals surface area (Å²) in [5, 5.41) is 46.1. The number of hydrogen-bond acceptors (Lipinski definition) is 4. The summed E-state index contributed by atoms with van der Waals surface area (Å²) in [6.07, 6.45) is 6.85. The molecule has 0 heterocycles.